The van der Waals surface area contributed by atoms with Crippen molar-refractivity contribution in [2.75, 3.05) is 0 Å². The SMILES string of the molecule is NC(Cc1ccc([N+](=O)[O-])cc1)c1cccc(Br)c1Cl. The Morgan fingerprint density at radius 3 is 2.50 bits per heavy atom. The summed E-state index contributed by atoms with van der Waals surface area (Å²) in [7, 11) is 0. The largest absolute Gasteiger partial charge is 0.324 e. The average molecular weight is 356 g/mol. The van der Waals surface area contributed by atoms with Crippen LogP contribution in [0.1, 0.15) is 17.2 Å². The van der Waals surface area contributed by atoms with Crippen molar-refractivity contribution in [2.24, 2.45) is 5.73 Å². The summed E-state index contributed by atoms with van der Waals surface area (Å²) in [5.74, 6) is 0. The van der Waals surface area contributed by atoms with Gasteiger partial charge in [-0.2, -0.15) is 0 Å². The first-order chi connectivity index (χ1) is 9.49. The van der Waals surface area contributed by atoms with Crippen LogP contribution in [-0.4, -0.2) is 4.92 Å². The topological polar surface area (TPSA) is 69.2 Å². The Hall–Kier alpha value is -1.43. The summed E-state index contributed by atoms with van der Waals surface area (Å²) in [6, 6.07) is 11.7. The van der Waals surface area contributed by atoms with E-state index in [-0.39, 0.29) is 11.7 Å². The molecule has 2 rings (SSSR count). The van der Waals surface area contributed by atoms with E-state index in [4.69, 9.17) is 17.3 Å². The van der Waals surface area contributed by atoms with E-state index in [1.165, 1.54) is 12.1 Å². The summed E-state index contributed by atoms with van der Waals surface area (Å²) < 4.78 is 0.802. The highest BCUT2D eigenvalue weighted by Crippen LogP contribution is 2.30. The molecule has 0 fully saturated rings. The zero-order valence-corrected chi connectivity index (χ0v) is 12.8. The molecule has 0 radical (unpaired) electrons. The van der Waals surface area contributed by atoms with Crippen molar-refractivity contribution >= 4 is 33.2 Å². The van der Waals surface area contributed by atoms with Crippen molar-refractivity contribution in [1.29, 1.82) is 0 Å². The van der Waals surface area contributed by atoms with Gasteiger partial charge in [-0.3, -0.25) is 10.1 Å². The lowest BCUT2D eigenvalue weighted by molar-refractivity contribution is -0.384. The number of benzene rings is 2. The predicted octanol–water partition coefficient (Wildman–Crippen LogP) is 4.25. The van der Waals surface area contributed by atoms with Gasteiger partial charge in [0.1, 0.15) is 0 Å². The second kappa shape index (κ2) is 6.35. The highest BCUT2D eigenvalue weighted by atomic mass is 79.9. The van der Waals surface area contributed by atoms with Gasteiger partial charge in [0.25, 0.3) is 5.69 Å². The number of nitrogens with two attached hydrogens (primary N) is 1. The molecule has 0 amide bonds. The summed E-state index contributed by atoms with van der Waals surface area (Å²) in [6.07, 6.45) is 0.564. The molecule has 0 aliphatic rings. The Kier molecular flexibility index (Phi) is 4.75. The monoisotopic (exact) mass is 354 g/mol. The number of halogens is 2. The summed E-state index contributed by atoms with van der Waals surface area (Å²) >= 11 is 9.57. The van der Waals surface area contributed by atoms with Crippen LogP contribution in [0.5, 0.6) is 0 Å². The third-order valence-corrected chi connectivity index (χ3v) is 4.29. The fourth-order valence-electron chi connectivity index (χ4n) is 1.92. The molecule has 0 bridgehead atoms. The summed E-state index contributed by atoms with van der Waals surface area (Å²) in [6.45, 7) is 0. The third-order valence-electron chi connectivity index (χ3n) is 2.98. The van der Waals surface area contributed by atoms with Crippen molar-refractivity contribution in [3.63, 3.8) is 0 Å². The molecule has 6 heteroatoms. The first-order valence-electron chi connectivity index (χ1n) is 5.92. The van der Waals surface area contributed by atoms with E-state index in [0.29, 0.717) is 11.4 Å². The molecule has 1 atom stereocenters. The first-order valence-corrected chi connectivity index (χ1v) is 7.09. The van der Waals surface area contributed by atoms with Crippen LogP contribution in [0.15, 0.2) is 46.9 Å². The Morgan fingerprint density at radius 2 is 1.90 bits per heavy atom. The van der Waals surface area contributed by atoms with E-state index < -0.39 is 4.92 Å². The van der Waals surface area contributed by atoms with Gasteiger partial charge in [0.2, 0.25) is 0 Å². The van der Waals surface area contributed by atoms with Crippen LogP contribution in [0.25, 0.3) is 0 Å². The molecule has 20 heavy (non-hydrogen) atoms. The van der Waals surface area contributed by atoms with Crippen molar-refractivity contribution in [3.05, 3.63) is 73.2 Å². The Balaban J connectivity index is 2.17. The van der Waals surface area contributed by atoms with Gasteiger partial charge in [-0.15, -0.1) is 0 Å². The summed E-state index contributed by atoms with van der Waals surface area (Å²) in [4.78, 5) is 10.2. The van der Waals surface area contributed by atoms with Gasteiger partial charge in [0, 0.05) is 22.6 Å². The van der Waals surface area contributed by atoms with Gasteiger partial charge in [0.15, 0.2) is 0 Å². The van der Waals surface area contributed by atoms with E-state index in [0.717, 1.165) is 15.6 Å². The van der Waals surface area contributed by atoms with Crippen molar-refractivity contribution in [1.82, 2.24) is 0 Å². The maximum absolute atomic E-state index is 10.6. The van der Waals surface area contributed by atoms with Crippen LogP contribution in [-0.2, 0) is 6.42 Å². The number of rotatable bonds is 4. The lowest BCUT2D eigenvalue weighted by Crippen LogP contribution is -2.14. The van der Waals surface area contributed by atoms with Gasteiger partial charge < -0.3 is 5.73 Å². The Morgan fingerprint density at radius 1 is 1.25 bits per heavy atom. The molecule has 2 aromatic carbocycles. The molecule has 104 valence electrons. The number of non-ortho nitro benzene ring substituents is 1. The maximum Gasteiger partial charge on any atom is 0.269 e. The molecule has 0 aliphatic carbocycles. The van der Waals surface area contributed by atoms with Gasteiger partial charge in [-0.25, -0.2) is 0 Å². The number of hydrogen-bond donors (Lipinski definition) is 1. The minimum Gasteiger partial charge on any atom is -0.324 e. The molecule has 0 saturated carbocycles. The quantitative estimate of drug-likeness (QED) is 0.658. The lowest BCUT2D eigenvalue weighted by Gasteiger charge is -2.14. The van der Waals surface area contributed by atoms with E-state index in [2.05, 4.69) is 15.9 Å². The second-order valence-corrected chi connectivity index (χ2v) is 5.61. The van der Waals surface area contributed by atoms with Crippen LogP contribution in [0.3, 0.4) is 0 Å². The number of hydrogen-bond acceptors (Lipinski definition) is 3. The minimum atomic E-state index is -0.422. The molecule has 0 aromatic heterocycles. The van der Waals surface area contributed by atoms with Gasteiger partial charge in [-0.1, -0.05) is 35.9 Å². The standard InChI is InChI=1S/C14H12BrClN2O2/c15-12-3-1-2-11(14(12)16)13(17)8-9-4-6-10(7-5-9)18(19)20/h1-7,13H,8,17H2. The highest BCUT2D eigenvalue weighted by Gasteiger charge is 2.13. The number of nitro groups is 1. The minimum absolute atomic E-state index is 0.0720. The van der Waals surface area contributed by atoms with E-state index in [9.17, 15) is 10.1 Å². The van der Waals surface area contributed by atoms with Crippen molar-refractivity contribution in [2.45, 2.75) is 12.5 Å². The predicted molar refractivity (Wildman–Crippen MR) is 82.9 cm³/mol. The molecule has 2 N–H and O–H groups in total. The Labute approximate surface area is 129 Å². The van der Waals surface area contributed by atoms with Gasteiger partial charge >= 0.3 is 0 Å². The first kappa shape index (κ1) is 15.0. The zero-order chi connectivity index (χ0) is 14.7. The number of nitrogens with zero attached hydrogens (tertiary/aromatic N) is 1. The van der Waals surface area contributed by atoms with Crippen LogP contribution in [0, 0.1) is 10.1 Å². The van der Waals surface area contributed by atoms with Crippen LogP contribution in [0.4, 0.5) is 5.69 Å². The molecule has 0 saturated heterocycles. The van der Waals surface area contributed by atoms with E-state index >= 15 is 0 Å². The zero-order valence-electron chi connectivity index (χ0n) is 10.4. The fraction of sp³-hybridized carbons (Fsp3) is 0.143. The second-order valence-electron chi connectivity index (χ2n) is 4.38. The third kappa shape index (κ3) is 3.36. The molecule has 0 aliphatic heterocycles. The number of nitro benzene ring substituents is 1. The molecule has 2 aromatic rings. The molecule has 1 unspecified atom stereocenters. The van der Waals surface area contributed by atoms with E-state index in [1.807, 2.05) is 18.2 Å². The van der Waals surface area contributed by atoms with Crippen molar-refractivity contribution < 1.29 is 4.92 Å². The van der Waals surface area contributed by atoms with Gasteiger partial charge in [0.05, 0.1) is 9.95 Å². The summed E-state index contributed by atoms with van der Waals surface area (Å²) in [5.41, 5.74) is 8.00. The van der Waals surface area contributed by atoms with E-state index in [1.54, 1.807) is 12.1 Å². The van der Waals surface area contributed by atoms with Crippen molar-refractivity contribution in [3.8, 4) is 0 Å². The van der Waals surface area contributed by atoms with Crippen LogP contribution >= 0.6 is 27.5 Å². The maximum atomic E-state index is 10.6. The highest BCUT2D eigenvalue weighted by molar-refractivity contribution is 9.10. The molecular weight excluding hydrogens is 344 g/mol. The van der Waals surface area contributed by atoms with Gasteiger partial charge in [-0.05, 0) is 39.5 Å². The summed E-state index contributed by atoms with van der Waals surface area (Å²) in [5, 5.41) is 11.2. The smallest absolute Gasteiger partial charge is 0.269 e. The molecular formula is C14H12BrClN2O2. The lowest BCUT2D eigenvalue weighted by atomic mass is 9.99. The van der Waals surface area contributed by atoms with Crippen LogP contribution in [0.2, 0.25) is 5.02 Å². The van der Waals surface area contributed by atoms with Crippen LogP contribution < -0.4 is 5.73 Å². The molecule has 0 heterocycles. The molecule has 0 spiro atoms. The normalized spacial score (nSPS) is 12.2. The Bertz CT molecular complexity index is 632. The molecule has 4 nitrogen and oxygen atoms in total. The average Bonchev–Trinajstić information content (AvgIpc) is 2.42. The fourth-order valence-corrected chi connectivity index (χ4v) is 2.57.